The normalized spacial score (nSPS) is 25.9. The fraction of sp³-hybridized carbons (Fsp3) is 0.300. The van der Waals surface area contributed by atoms with Crippen LogP contribution in [-0.2, 0) is 17.4 Å². The molecule has 1 saturated heterocycles. The van der Waals surface area contributed by atoms with Crippen molar-refractivity contribution in [2.75, 3.05) is 0 Å². The lowest BCUT2D eigenvalue weighted by atomic mass is 10.0. The van der Waals surface area contributed by atoms with Crippen molar-refractivity contribution in [3.63, 3.8) is 0 Å². The molecule has 2 aromatic rings. The first-order chi connectivity index (χ1) is 11.3. The minimum Gasteiger partial charge on any atom is -0.489 e. The lowest BCUT2D eigenvalue weighted by Crippen LogP contribution is -2.19. The molecule has 4 rings (SSSR count). The van der Waals surface area contributed by atoms with E-state index in [9.17, 15) is 4.21 Å². The van der Waals surface area contributed by atoms with Crippen molar-refractivity contribution in [1.82, 2.24) is 0 Å². The van der Waals surface area contributed by atoms with Crippen LogP contribution in [0.2, 0.25) is 0 Å². The van der Waals surface area contributed by atoms with Gasteiger partial charge in [-0.25, -0.2) is 0 Å². The number of fused-ring (bicyclic) bond motifs is 2. The van der Waals surface area contributed by atoms with E-state index in [1.54, 1.807) is 0 Å². The number of hydrogen-bond donors (Lipinski definition) is 0. The number of ether oxygens (including phenoxy) is 1. The molecule has 3 unspecified atom stereocenters. The van der Waals surface area contributed by atoms with E-state index in [2.05, 4.69) is 30.3 Å². The van der Waals surface area contributed by atoms with Crippen LogP contribution in [0.4, 0.5) is 0 Å². The van der Waals surface area contributed by atoms with E-state index >= 15 is 0 Å². The highest BCUT2D eigenvalue weighted by Gasteiger charge is 2.36. The molecular formula is C20H20O2S. The maximum absolute atomic E-state index is 12.1. The van der Waals surface area contributed by atoms with Crippen LogP contribution in [0.25, 0.3) is 5.57 Å². The van der Waals surface area contributed by atoms with Crippen molar-refractivity contribution in [2.45, 2.75) is 36.4 Å². The molecule has 3 heteroatoms. The molecule has 0 radical (unpaired) electrons. The Morgan fingerprint density at radius 2 is 1.78 bits per heavy atom. The Morgan fingerprint density at radius 1 is 1.00 bits per heavy atom. The lowest BCUT2D eigenvalue weighted by Gasteiger charge is -2.19. The van der Waals surface area contributed by atoms with Crippen LogP contribution >= 0.6 is 0 Å². The first kappa shape index (κ1) is 14.7. The van der Waals surface area contributed by atoms with Gasteiger partial charge >= 0.3 is 0 Å². The van der Waals surface area contributed by atoms with Crippen LogP contribution in [0, 0.1) is 0 Å². The Kier molecular flexibility index (Phi) is 4.04. The predicted octanol–water partition coefficient (Wildman–Crippen LogP) is 4.33. The van der Waals surface area contributed by atoms with Gasteiger partial charge in [0.1, 0.15) is 12.4 Å². The Bertz CT molecular complexity index is 734. The fourth-order valence-electron chi connectivity index (χ4n) is 3.42. The van der Waals surface area contributed by atoms with Gasteiger partial charge in [-0.2, -0.15) is 0 Å². The standard InChI is InChI=1S/C20H20O2S/c21-23-19-10-11-20(23)13-17(12-19)16-6-8-18(9-7-16)22-14-15-4-2-1-3-5-15/h1-9,12,19-20H,10-11,13-14H2. The molecule has 2 aromatic carbocycles. The van der Waals surface area contributed by atoms with Crippen LogP contribution in [0.5, 0.6) is 5.75 Å². The highest BCUT2D eigenvalue weighted by Crippen LogP contribution is 2.38. The SMILES string of the molecule is O=S1C2C=C(c3ccc(OCc4ccccc4)cc3)CC1CC2. The summed E-state index contributed by atoms with van der Waals surface area (Å²) in [6.07, 6.45) is 5.38. The molecule has 0 aliphatic carbocycles. The van der Waals surface area contributed by atoms with Gasteiger partial charge in [-0.3, -0.25) is 4.21 Å². The topological polar surface area (TPSA) is 26.3 Å². The minimum absolute atomic E-state index is 0.276. The molecule has 23 heavy (non-hydrogen) atoms. The van der Waals surface area contributed by atoms with Gasteiger partial charge in [0.15, 0.2) is 0 Å². The fourth-order valence-corrected chi connectivity index (χ4v) is 5.30. The molecular weight excluding hydrogens is 304 g/mol. The van der Waals surface area contributed by atoms with Gasteiger partial charge < -0.3 is 4.74 Å². The van der Waals surface area contributed by atoms with Gasteiger partial charge in [0, 0.05) is 16.0 Å². The smallest absolute Gasteiger partial charge is 0.119 e. The largest absolute Gasteiger partial charge is 0.489 e. The molecule has 3 atom stereocenters. The number of hydrogen-bond acceptors (Lipinski definition) is 2. The summed E-state index contributed by atoms with van der Waals surface area (Å²) in [7, 11) is -0.643. The van der Waals surface area contributed by atoms with E-state index in [1.807, 2.05) is 30.3 Å². The molecule has 2 nitrogen and oxygen atoms in total. The van der Waals surface area contributed by atoms with Crippen molar-refractivity contribution in [3.8, 4) is 5.75 Å². The molecule has 0 amide bonds. The lowest BCUT2D eigenvalue weighted by molar-refractivity contribution is 0.306. The summed E-state index contributed by atoms with van der Waals surface area (Å²) in [5.41, 5.74) is 3.77. The monoisotopic (exact) mass is 324 g/mol. The average Bonchev–Trinajstić information content (AvgIpc) is 2.82. The maximum Gasteiger partial charge on any atom is 0.119 e. The van der Waals surface area contributed by atoms with Gasteiger partial charge in [-0.1, -0.05) is 48.5 Å². The third kappa shape index (κ3) is 3.11. The van der Waals surface area contributed by atoms with Gasteiger partial charge in [0.2, 0.25) is 0 Å². The highest BCUT2D eigenvalue weighted by atomic mass is 32.2. The van der Waals surface area contributed by atoms with E-state index in [0.29, 0.717) is 11.9 Å². The zero-order valence-electron chi connectivity index (χ0n) is 13.0. The summed E-state index contributed by atoms with van der Waals surface area (Å²) >= 11 is 0. The van der Waals surface area contributed by atoms with Gasteiger partial charge in [-0.15, -0.1) is 0 Å². The maximum atomic E-state index is 12.1. The Labute approximate surface area is 139 Å². The third-order valence-corrected chi connectivity index (χ3v) is 6.74. The minimum atomic E-state index is -0.643. The Balaban J connectivity index is 1.44. The van der Waals surface area contributed by atoms with E-state index in [1.165, 1.54) is 16.7 Å². The van der Waals surface area contributed by atoms with Crippen LogP contribution in [-0.4, -0.2) is 14.7 Å². The molecule has 0 saturated carbocycles. The average molecular weight is 324 g/mol. The predicted molar refractivity (Wildman–Crippen MR) is 94.8 cm³/mol. The van der Waals surface area contributed by atoms with E-state index in [0.717, 1.165) is 25.0 Å². The summed E-state index contributed by atoms with van der Waals surface area (Å²) in [6.45, 7) is 0.589. The summed E-state index contributed by atoms with van der Waals surface area (Å²) in [4.78, 5) is 0. The van der Waals surface area contributed by atoms with Gasteiger partial charge in [0.25, 0.3) is 0 Å². The second-order valence-corrected chi connectivity index (χ2v) is 8.19. The summed E-state index contributed by atoms with van der Waals surface area (Å²) < 4.78 is 17.9. The van der Waals surface area contributed by atoms with Gasteiger partial charge in [0.05, 0.1) is 5.25 Å². The summed E-state index contributed by atoms with van der Waals surface area (Å²) in [5.74, 6) is 0.889. The zero-order valence-corrected chi connectivity index (χ0v) is 13.8. The van der Waals surface area contributed by atoms with E-state index in [4.69, 9.17) is 4.74 Å². The molecule has 2 aliphatic rings. The molecule has 118 valence electrons. The van der Waals surface area contributed by atoms with Crippen molar-refractivity contribution in [2.24, 2.45) is 0 Å². The molecule has 2 aliphatic heterocycles. The van der Waals surface area contributed by atoms with Crippen molar-refractivity contribution < 1.29 is 8.95 Å². The van der Waals surface area contributed by atoms with E-state index in [-0.39, 0.29) is 5.25 Å². The van der Waals surface area contributed by atoms with Crippen LogP contribution in [0.15, 0.2) is 60.7 Å². The number of allylic oxidation sites excluding steroid dienone is 1. The number of rotatable bonds is 4. The second-order valence-electron chi connectivity index (χ2n) is 6.26. The van der Waals surface area contributed by atoms with Crippen molar-refractivity contribution >= 4 is 16.4 Å². The third-order valence-electron chi connectivity index (χ3n) is 4.71. The first-order valence-corrected chi connectivity index (χ1v) is 9.44. The van der Waals surface area contributed by atoms with Crippen LogP contribution < -0.4 is 4.74 Å². The molecule has 0 N–H and O–H groups in total. The van der Waals surface area contributed by atoms with Crippen LogP contribution in [0.3, 0.4) is 0 Å². The van der Waals surface area contributed by atoms with Crippen LogP contribution in [0.1, 0.15) is 30.4 Å². The van der Waals surface area contributed by atoms with Crippen molar-refractivity contribution in [1.29, 1.82) is 0 Å². The number of benzene rings is 2. The quantitative estimate of drug-likeness (QED) is 0.836. The summed E-state index contributed by atoms with van der Waals surface area (Å²) in [5, 5.41) is 0.645. The van der Waals surface area contributed by atoms with E-state index < -0.39 is 10.8 Å². The molecule has 2 heterocycles. The molecule has 1 fully saturated rings. The van der Waals surface area contributed by atoms with Gasteiger partial charge in [-0.05, 0) is 48.1 Å². The zero-order chi connectivity index (χ0) is 15.6. The first-order valence-electron chi connectivity index (χ1n) is 8.17. The molecule has 0 spiro atoms. The highest BCUT2D eigenvalue weighted by molar-refractivity contribution is 7.86. The van der Waals surface area contributed by atoms with Crippen molar-refractivity contribution in [3.05, 3.63) is 71.8 Å². The summed E-state index contributed by atoms with van der Waals surface area (Å²) in [6, 6.07) is 18.5. The molecule has 0 aromatic heterocycles. The Morgan fingerprint density at radius 3 is 2.52 bits per heavy atom. The molecule has 2 bridgehead atoms. The second kappa shape index (κ2) is 6.32. The Hall–Kier alpha value is -1.87.